The van der Waals surface area contributed by atoms with E-state index in [1.807, 2.05) is 25.1 Å². The fourth-order valence-electron chi connectivity index (χ4n) is 3.22. The van der Waals surface area contributed by atoms with Gasteiger partial charge in [0.25, 0.3) is 6.43 Å². The molecule has 2 unspecified atom stereocenters. The molecule has 0 bridgehead atoms. The highest BCUT2D eigenvalue weighted by molar-refractivity contribution is 6.49. The molecule has 0 aliphatic carbocycles. The maximum atomic E-state index is 12.8. The molecule has 20 heavy (non-hydrogen) atoms. The molecule has 2 aliphatic heterocycles. The molecule has 0 amide bonds. The third-order valence-electron chi connectivity index (χ3n) is 4.35. The summed E-state index contributed by atoms with van der Waals surface area (Å²) < 4.78 is 25.6. The zero-order valence-electron chi connectivity index (χ0n) is 11.5. The molecule has 1 N–H and O–H groups in total. The number of rotatable bonds is 2. The molecule has 1 aromatic carbocycles. The predicted molar refractivity (Wildman–Crippen MR) is 80.0 cm³/mol. The summed E-state index contributed by atoms with van der Waals surface area (Å²) in [5.74, 6) is 0.181. The zero-order valence-corrected chi connectivity index (χ0v) is 12.2. The Morgan fingerprint density at radius 2 is 2.15 bits per heavy atom. The van der Waals surface area contributed by atoms with E-state index in [1.165, 1.54) is 0 Å². The normalized spacial score (nSPS) is 24.3. The van der Waals surface area contributed by atoms with Gasteiger partial charge in [-0.3, -0.25) is 0 Å². The van der Waals surface area contributed by atoms with Crippen LogP contribution in [0.25, 0.3) is 5.03 Å². The topological polar surface area (TPSA) is 15.3 Å². The molecule has 3 rings (SSSR count). The van der Waals surface area contributed by atoms with Gasteiger partial charge < -0.3 is 10.2 Å². The summed E-state index contributed by atoms with van der Waals surface area (Å²) in [5.41, 5.74) is 3.95. The first-order chi connectivity index (χ1) is 9.50. The number of hydrogen-bond acceptors (Lipinski definition) is 2. The van der Waals surface area contributed by atoms with Crippen molar-refractivity contribution >= 4 is 28.0 Å². The number of fused-ring (bicyclic) bond motifs is 3. The number of halogens is 3. The quantitative estimate of drug-likeness (QED) is 0.877. The number of nitrogens with one attached hydrogen (secondary N) is 1. The molecule has 0 radical (unpaired) electrons. The lowest BCUT2D eigenvalue weighted by Gasteiger charge is -2.26. The molecule has 0 spiro atoms. The third-order valence-corrected chi connectivity index (χ3v) is 4.69. The Balaban J connectivity index is 2.14. The van der Waals surface area contributed by atoms with Crippen molar-refractivity contribution in [2.24, 2.45) is 0 Å². The van der Waals surface area contributed by atoms with Crippen molar-refractivity contribution in [3.63, 3.8) is 0 Å². The lowest BCUT2D eigenvalue weighted by molar-refractivity contribution is 0.152. The summed E-state index contributed by atoms with van der Waals surface area (Å²) in [6.45, 7) is 4.54. The zero-order chi connectivity index (χ0) is 14.4. The SMILES string of the molecule is CC1c2c(ccc3c2C(Cl)=CCN3)N(CC(F)F)C1C. The highest BCUT2D eigenvalue weighted by Crippen LogP contribution is 2.48. The number of nitrogens with zero attached hydrogens (tertiary/aromatic N) is 1. The monoisotopic (exact) mass is 298 g/mol. The third kappa shape index (κ3) is 1.97. The van der Waals surface area contributed by atoms with E-state index in [0.29, 0.717) is 11.6 Å². The van der Waals surface area contributed by atoms with E-state index in [9.17, 15) is 8.78 Å². The second kappa shape index (κ2) is 4.92. The number of benzene rings is 1. The molecule has 1 aromatic rings. The van der Waals surface area contributed by atoms with Crippen LogP contribution in [0, 0.1) is 0 Å². The van der Waals surface area contributed by atoms with E-state index in [1.54, 1.807) is 4.90 Å². The summed E-state index contributed by atoms with van der Waals surface area (Å²) in [5, 5.41) is 4.00. The van der Waals surface area contributed by atoms with Crippen LogP contribution in [0.5, 0.6) is 0 Å². The van der Waals surface area contributed by atoms with Crippen molar-refractivity contribution in [1.29, 1.82) is 0 Å². The highest BCUT2D eigenvalue weighted by atomic mass is 35.5. The number of anilines is 2. The number of alkyl halides is 2. The molecule has 2 atom stereocenters. The number of hydrogen-bond donors (Lipinski definition) is 1. The predicted octanol–water partition coefficient (Wildman–Crippen LogP) is 4.27. The van der Waals surface area contributed by atoms with E-state index in [4.69, 9.17) is 11.6 Å². The summed E-state index contributed by atoms with van der Waals surface area (Å²) in [6.07, 6.45) is -0.409. The first kappa shape index (κ1) is 13.7. The average Bonchev–Trinajstić information content (AvgIpc) is 2.64. The van der Waals surface area contributed by atoms with Crippen LogP contribution in [0.2, 0.25) is 0 Å². The highest BCUT2D eigenvalue weighted by Gasteiger charge is 2.37. The summed E-state index contributed by atoms with van der Waals surface area (Å²) >= 11 is 6.35. The van der Waals surface area contributed by atoms with Gasteiger partial charge in [-0.1, -0.05) is 18.5 Å². The van der Waals surface area contributed by atoms with Crippen molar-refractivity contribution < 1.29 is 8.78 Å². The van der Waals surface area contributed by atoms with Gasteiger partial charge >= 0.3 is 0 Å². The van der Waals surface area contributed by atoms with Gasteiger partial charge in [0.1, 0.15) is 0 Å². The molecule has 0 saturated carbocycles. The van der Waals surface area contributed by atoms with E-state index in [2.05, 4.69) is 12.2 Å². The molecule has 108 valence electrons. The molecule has 0 aromatic heterocycles. The van der Waals surface area contributed by atoms with Gasteiger partial charge in [-0.2, -0.15) is 0 Å². The van der Waals surface area contributed by atoms with Crippen LogP contribution in [0.3, 0.4) is 0 Å². The smallest absolute Gasteiger partial charge is 0.255 e. The lowest BCUT2D eigenvalue weighted by Crippen LogP contribution is -2.34. The Hall–Kier alpha value is -1.29. The van der Waals surface area contributed by atoms with Gasteiger partial charge in [0.05, 0.1) is 6.54 Å². The first-order valence-electron chi connectivity index (χ1n) is 6.82. The summed E-state index contributed by atoms with van der Waals surface area (Å²) in [4.78, 5) is 1.80. The largest absolute Gasteiger partial charge is 0.381 e. The van der Waals surface area contributed by atoms with E-state index < -0.39 is 6.43 Å². The summed E-state index contributed by atoms with van der Waals surface area (Å²) in [6, 6.07) is 3.92. The second-order valence-electron chi connectivity index (χ2n) is 5.43. The fraction of sp³-hybridized carbons (Fsp3) is 0.467. The lowest BCUT2D eigenvalue weighted by atomic mass is 9.91. The Bertz CT molecular complexity index is 571. The van der Waals surface area contributed by atoms with Crippen LogP contribution in [0.4, 0.5) is 20.2 Å². The summed E-state index contributed by atoms with van der Waals surface area (Å²) in [7, 11) is 0. The first-order valence-corrected chi connectivity index (χ1v) is 7.20. The molecule has 0 saturated heterocycles. The van der Waals surface area contributed by atoms with Crippen molar-refractivity contribution in [2.75, 3.05) is 23.3 Å². The van der Waals surface area contributed by atoms with Gasteiger partial charge in [-0.25, -0.2) is 8.78 Å². The maximum absolute atomic E-state index is 12.8. The molecule has 2 aliphatic rings. The van der Waals surface area contributed by atoms with Crippen LogP contribution in [0.15, 0.2) is 18.2 Å². The van der Waals surface area contributed by atoms with Crippen LogP contribution in [-0.2, 0) is 0 Å². The van der Waals surface area contributed by atoms with Crippen molar-refractivity contribution in [1.82, 2.24) is 0 Å². The van der Waals surface area contributed by atoms with Crippen molar-refractivity contribution in [3.8, 4) is 0 Å². The van der Waals surface area contributed by atoms with E-state index in [0.717, 1.165) is 22.5 Å². The van der Waals surface area contributed by atoms with E-state index >= 15 is 0 Å². The molecule has 2 heterocycles. The Morgan fingerprint density at radius 1 is 1.40 bits per heavy atom. The minimum absolute atomic E-state index is 0.0527. The van der Waals surface area contributed by atoms with Crippen molar-refractivity contribution in [2.45, 2.75) is 32.2 Å². The van der Waals surface area contributed by atoms with E-state index in [-0.39, 0.29) is 18.5 Å². The fourth-order valence-corrected chi connectivity index (χ4v) is 3.50. The molecule has 5 heteroatoms. The van der Waals surface area contributed by atoms with Gasteiger partial charge in [-0.05, 0) is 30.7 Å². The standard InChI is InChI=1S/C15H17ClF2N2/c1-8-9(2)20(7-13(17)18)12-4-3-11-15(14(8)12)10(16)5-6-19-11/h3-5,8-9,13,19H,6-7H2,1-2H3. The van der Waals surface area contributed by atoms with Crippen LogP contribution in [-0.4, -0.2) is 25.6 Å². The molecular weight excluding hydrogens is 282 g/mol. The van der Waals surface area contributed by atoms with Gasteiger partial charge in [-0.15, -0.1) is 0 Å². The average molecular weight is 299 g/mol. The van der Waals surface area contributed by atoms with Gasteiger partial charge in [0.15, 0.2) is 0 Å². The van der Waals surface area contributed by atoms with Gasteiger partial charge in [0, 0.05) is 40.5 Å². The van der Waals surface area contributed by atoms with Crippen LogP contribution >= 0.6 is 11.6 Å². The Morgan fingerprint density at radius 3 is 2.85 bits per heavy atom. The second-order valence-corrected chi connectivity index (χ2v) is 5.83. The molecule has 2 nitrogen and oxygen atoms in total. The van der Waals surface area contributed by atoms with Crippen LogP contribution < -0.4 is 10.2 Å². The molecular formula is C15H17ClF2N2. The van der Waals surface area contributed by atoms with Gasteiger partial charge in [0.2, 0.25) is 0 Å². The molecule has 0 fully saturated rings. The minimum atomic E-state index is -2.34. The Kier molecular flexibility index (Phi) is 3.36. The maximum Gasteiger partial charge on any atom is 0.255 e. The Labute approximate surface area is 122 Å². The van der Waals surface area contributed by atoms with Crippen LogP contribution in [0.1, 0.15) is 30.9 Å². The van der Waals surface area contributed by atoms with Crippen molar-refractivity contribution in [3.05, 3.63) is 29.3 Å². The minimum Gasteiger partial charge on any atom is -0.381 e.